The van der Waals surface area contributed by atoms with E-state index in [4.69, 9.17) is 4.74 Å². The number of ether oxygens (including phenoxy) is 1. The van der Waals surface area contributed by atoms with Gasteiger partial charge in [0, 0.05) is 13.1 Å². The maximum Gasteiger partial charge on any atom is 0.0960 e. The van der Waals surface area contributed by atoms with Crippen LogP contribution in [0.15, 0.2) is 30.3 Å². The molecule has 0 saturated carbocycles. The summed E-state index contributed by atoms with van der Waals surface area (Å²) in [6, 6.07) is 10.4. The van der Waals surface area contributed by atoms with Crippen LogP contribution in [-0.2, 0) is 11.2 Å². The van der Waals surface area contributed by atoms with E-state index in [1.165, 1.54) is 5.56 Å². The van der Waals surface area contributed by atoms with Crippen LogP contribution in [0.4, 0.5) is 0 Å². The minimum atomic E-state index is -0.337. The zero-order valence-corrected chi connectivity index (χ0v) is 11.1. The van der Waals surface area contributed by atoms with Crippen LogP contribution in [0.1, 0.15) is 18.4 Å². The van der Waals surface area contributed by atoms with Crippen molar-refractivity contribution in [1.29, 1.82) is 0 Å². The van der Waals surface area contributed by atoms with Gasteiger partial charge >= 0.3 is 0 Å². The summed E-state index contributed by atoms with van der Waals surface area (Å²) >= 11 is 0. The minimum Gasteiger partial charge on any atom is -0.390 e. The second-order valence-corrected chi connectivity index (χ2v) is 5.12. The molecule has 2 rings (SSSR count). The van der Waals surface area contributed by atoms with Crippen molar-refractivity contribution in [2.45, 2.75) is 31.5 Å². The molecule has 1 saturated heterocycles. The highest BCUT2D eigenvalue weighted by molar-refractivity contribution is 5.14. The summed E-state index contributed by atoms with van der Waals surface area (Å²) in [4.78, 5) is 2.22. The van der Waals surface area contributed by atoms with Gasteiger partial charge in [-0.25, -0.2) is 0 Å². The van der Waals surface area contributed by atoms with Gasteiger partial charge in [0.2, 0.25) is 0 Å². The van der Waals surface area contributed by atoms with Crippen molar-refractivity contribution in [3.63, 3.8) is 0 Å². The molecule has 0 radical (unpaired) electrons. The van der Waals surface area contributed by atoms with Crippen LogP contribution in [0.2, 0.25) is 0 Å². The van der Waals surface area contributed by atoms with Crippen LogP contribution in [0, 0.1) is 0 Å². The van der Waals surface area contributed by atoms with Crippen LogP contribution < -0.4 is 0 Å². The number of hydrogen-bond acceptors (Lipinski definition) is 3. The molecule has 18 heavy (non-hydrogen) atoms. The van der Waals surface area contributed by atoms with Crippen molar-refractivity contribution in [3.05, 3.63) is 35.9 Å². The van der Waals surface area contributed by atoms with Gasteiger partial charge in [0.05, 0.1) is 18.8 Å². The molecule has 1 aliphatic rings. The van der Waals surface area contributed by atoms with Gasteiger partial charge < -0.3 is 14.7 Å². The van der Waals surface area contributed by atoms with E-state index >= 15 is 0 Å². The Kier molecular flexibility index (Phi) is 5.17. The lowest BCUT2D eigenvalue weighted by molar-refractivity contribution is -0.0852. The average molecular weight is 249 g/mol. The highest BCUT2D eigenvalue weighted by atomic mass is 16.5. The highest BCUT2D eigenvalue weighted by Crippen LogP contribution is 2.13. The largest absolute Gasteiger partial charge is 0.390 e. The molecule has 1 heterocycles. The Bertz CT molecular complexity index is 342. The first-order valence-corrected chi connectivity index (χ1v) is 6.78. The molecule has 100 valence electrons. The van der Waals surface area contributed by atoms with Crippen molar-refractivity contribution in [1.82, 2.24) is 4.90 Å². The van der Waals surface area contributed by atoms with E-state index in [0.29, 0.717) is 0 Å². The monoisotopic (exact) mass is 249 g/mol. The summed E-state index contributed by atoms with van der Waals surface area (Å²) in [5, 5.41) is 10.1. The number of likely N-dealkylation sites (N-methyl/N-ethyl adjacent to an activating group) is 1. The SMILES string of the molecule is CN1CCOC(C(O)CCCc2ccccc2)C1. The maximum absolute atomic E-state index is 10.1. The van der Waals surface area contributed by atoms with Crippen molar-refractivity contribution >= 4 is 0 Å². The Balaban J connectivity index is 1.70. The Morgan fingerprint density at radius 1 is 1.39 bits per heavy atom. The Hall–Kier alpha value is -0.900. The van der Waals surface area contributed by atoms with E-state index in [9.17, 15) is 5.11 Å². The van der Waals surface area contributed by atoms with Gasteiger partial charge in [0.1, 0.15) is 0 Å². The molecule has 1 fully saturated rings. The zero-order valence-electron chi connectivity index (χ0n) is 11.1. The first kappa shape index (κ1) is 13.5. The fourth-order valence-corrected chi connectivity index (χ4v) is 2.39. The zero-order chi connectivity index (χ0) is 12.8. The number of hydrogen-bond donors (Lipinski definition) is 1. The first-order valence-electron chi connectivity index (χ1n) is 6.78. The van der Waals surface area contributed by atoms with Gasteiger partial charge in [-0.1, -0.05) is 30.3 Å². The molecular weight excluding hydrogens is 226 g/mol. The highest BCUT2D eigenvalue weighted by Gasteiger charge is 2.24. The van der Waals surface area contributed by atoms with Gasteiger partial charge in [0.15, 0.2) is 0 Å². The average Bonchev–Trinajstić information content (AvgIpc) is 2.40. The smallest absolute Gasteiger partial charge is 0.0960 e. The normalized spacial score (nSPS) is 22.9. The van der Waals surface area contributed by atoms with Gasteiger partial charge in [0.25, 0.3) is 0 Å². The van der Waals surface area contributed by atoms with E-state index in [0.717, 1.165) is 39.0 Å². The van der Waals surface area contributed by atoms with Crippen LogP contribution in [0.3, 0.4) is 0 Å². The van der Waals surface area contributed by atoms with Gasteiger partial charge in [-0.15, -0.1) is 0 Å². The molecule has 3 heteroatoms. The molecule has 1 aromatic carbocycles. The van der Waals surface area contributed by atoms with E-state index in [1.807, 2.05) is 6.07 Å². The Morgan fingerprint density at radius 2 is 2.17 bits per heavy atom. The number of nitrogens with zero attached hydrogens (tertiary/aromatic N) is 1. The van der Waals surface area contributed by atoms with Gasteiger partial charge in [-0.3, -0.25) is 0 Å². The third kappa shape index (κ3) is 4.09. The molecule has 0 spiro atoms. The number of aliphatic hydroxyl groups excluding tert-OH is 1. The second-order valence-electron chi connectivity index (χ2n) is 5.12. The molecule has 1 aromatic rings. The van der Waals surface area contributed by atoms with E-state index in [2.05, 4.69) is 36.2 Å². The van der Waals surface area contributed by atoms with E-state index in [-0.39, 0.29) is 12.2 Å². The molecule has 0 aliphatic carbocycles. The van der Waals surface area contributed by atoms with E-state index in [1.54, 1.807) is 0 Å². The lowest BCUT2D eigenvalue weighted by Gasteiger charge is -2.32. The Morgan fingerprint density at radius 3 is 2.89 bits per heavy atom. The summed E-state index contributed by atoms with van der Waals surface area (Å²) in [5.74, 6) is 0. The number of rotatable bonds is 5. The van der Waals surface area contributed by atoms with Crippen molar-refractivity contribution < 1.29 is 9.84 Å². The standard InChI is InChI=1S/C15H23NO2/c1-16-10-11-18-15(12-16)14(17)9-5-8-13-6-3-2-4-7-13/h2-4,6-7,14-15,17H,5,8-12H2,1H3. The molecule has 1 N–H and O–H groups in total. The quantitative estimate of drug-likeness (QED) is 0.862. The lowest BCUT2D eigenvalue weighted by Crippen LogP contribution is -2.45. The third-order valence-corrected chi connectivity index (χ3v) is 3.53. The first-order chi connectivity index (χ1) is 8.75. The molecule has 0 amide bonds. The van der Waals surface area contributed by atoms with Crippen molar-refractivity contribution in [2.24, 2.45) is 0 Å². The molecule has 0 bridgehead atoms. The Labute approximate surface area is 109 Å². The third-order valence-electron chi connectivity index (χ3n) is 3.53. The molecular formula is C15H23NO2. The molecule has 3 nitrogen and oxygen atoms in total. The topological polar surface area (TPSA) is 32.7 Å². The number of aliphatic hydroxyl groups is 1. The molecule has 2 atom stereocenters. The molecule has 1 aliphatic heterocycles. The summed E-state index contributed by atoms with van der Waals surface area (Å²) < 4.78 is 5.62. The maximum atomic E-state index is 10.1. The van der Waals surface area contributed by atoms with Crippen LogP contribution in [0.25, 0.3) is 0 Å². The van der Waals surface area contributed by atoms with Crippen LogP contribution in [0.5, 0.6) is 0 Å². The lowest BCUT2D eigenvalue weighted by atomic mass is 10.0. The minimum absolute atomic E-state index is 0.0143. The second kappa shape index (κ2) is 6.88. The molecule has 0 aromatic heterocycles. The van der Waals surface area contributed by atoms with Crippen molar-refractivity contribution in [2.75, 3.05) is 26.7 Å². The predicted octanol–water partition coefficient (Wildman–Crippen LogP) is 1.70. The number of morpholine rings is 1. The van der Waals surface area contributed by atoms with Gasteiger partial charge in [-0.05, 0) is 31.9 Å². The summed E-state index contributed by atoms with van der Waals surface area (Å²) in [6.07, 6.45) is 2.50. The molecule has 2 unspecified atom stereocenters. The van der Waals surface area contributed by atoms with E-state index < -0.39 is 0 Å². The van der Waals surface area contributed by atoms with Crippen molar-refractivity contribution in [3.8, 4) is 0 Å². The summed E-state index contributed by atoms with van der Waals surface area (Å²) in [7, 11) is 2.08. The van der Waals surface area contributed by atoms with Crippen LogP contribution in [-0.4, -0.2) is 49.0 Å². The number of benzene rings is 1. The number of aryl methyl sites for hydroxylation is 1. The summed E-state index contributed by atoms with van der Waals surface area (Å²) in [5.41, 5.74) is 1.34. The van der Waals surface area contributed by atoms with Gasteiger partial charge in [-0.2, -0.15) is 0 Å². The predicted molar refractivity (Wildman–Crippen MR) is 72.6 cm³/mol. The fraction of sp³-hybridized carbons (Fsp3) is 0.600. The fourth-order valence-electron chi connectivity index (χ4n) is 2.39. The summed E-state index contributed by atoms with van der Waals surface area (Å²) in [6.45, 7) is 2.54. The van der Waals surface area contributed by atoms with Crippen LogP contribution >= 0.6 is 0 Å².